The van der Waals surface area contributed by atoms with Gasteiger partial charge >= 0.3 is 52.8 Å². The number of halogens is 9. The summed E-state index contributed by atoms with van der Waals surface area (Å²) < 4.78 is 144. The molecule has 0 amide bonds. The van der Waals surface area contributed by atoms with E-state index in [9.17, 15) is 52.5 Å². The molecule has 0 bridgehead atoms. The Balaban J connectivity index is 0. The molecule has 0 radical (unpaired) electrons. The first kappa shape index (κ1) is 27.5. The first-order valence-corrected chi connectivity index (χ1v) is 8.02. The first-order valence-electron chi connectivity index (χ1n) is 6.61. The van der Waals surface area contributed by atoms with Gasteiger partial charge in [0.05, 0.1) is 0 Å². The van der Waals surface area contributed by atoms with Crippen molar-refractivity contribution in [3.05, 3.63) is 0 Å². The third-order valence-electron chi connectivity index (χ3n) is 3.09. The summed E-state index contributed by atoms with van der Waals surface area (Å²) in [6, 6.07) is 0. The molecule has 0 N–H and O–H groups in total. The zero-order valence-corrected chi connectivity index (χ0v) is 15.8. The molecule has 0 rings (SSSR count). The van der Waals surface area contributed by atoms with Gasteiger partial charge < -0.3 is 4.55 Å². The van der Waals surface area contributed by atoms with E-state index in [1.165, 1.54) is 0 Å². The van der Waals surface area contributed by atoms with Crippen LogP contribution in [0.4, 0.5) is 39.5 Å². The number of unbranched alkanes of at least 4 members (excludes halogenated alkanes) is 4. The van der Waals surface area contributed by atoms with E-state index in [0.29, 0.717) is 0 Å². The van der Waals surface area contributed by atoms with Gasteiger partial charge in [0.1, 0.15) is 0 Å². The van der Waals surface area contributed by atoms with Gasteiger partial charge in [-0.1, -0.05) is 19.3 Å². The molecular formula is C11H14F9NaO3S. The van der Waals surface area contributed by atoms with Crippen molar-refractivity contribution in [1.82, 2.24) is 0 Å². The molecule has 0 saturated heterocycles. The van der Waals surface area contributed by atoms with Crippen molar-refractivity contribution in [2.24, 2.45) is 0 Å². The molecule has 3 nitrogen and oxygen atoms in total. The summed E-state index contributed by atoms with van der Waals surface area (Å²) in [4.78, 5) is 0. The van der Waals surface area contributed by atoms with Gasteiger partial charge in [-0.15, -0.1) is 0 Å². The topological polar surface area (TPSA) is 57.2 Å². The van der Waals surface area contributed by atoms with E-state index < -0.39 is 52.7 Å². The van der Waals surface area contributed by atoms with Gasteiger partial charge in [-0.2, -0.15) is 39.5 Å². The van der Waals surface area contributed by atoms with Crippen LogP contribution in [0.2, 0.25) is 0 Å². The fourth-order valence-electron chi connectivity index (χ4n) is 1.73. The summed E-state index contributed by atoms with van der Waals surface area (Å²) in [5, 5.41) is -6.49. The Morgan fingerprint density at radius 1 is 0.680 bits per heavy atom. The molecule has 0 aliphatic carbocycles. The second-order valence-electron chi connectivity index (χ2n) is 5.13. The van der Waals surface area contributed by atoms with Crippen molar-refractivity contribution in [1.29, 1.82) is 0 Å². The molecule has 14 heteroatoms. The summed E-state index contributed by atoms with van der Waals surface area (Å²) in [6.07, 6.45) is -8.71. The van der Waals surface area contributed by atoms with Crippen LogP contribution in [-0.4, -0.2) is 36.2 Å². The minimum absolute atomic E-state index is 0. The van der Waals surface area contributed by atoms with Crippen LogP contribution in [0.5, 0.6) is 0 Å². The predicted octanol–water partition coefficient (Wildman–Crippen LogP) is 1.69. The van der Waals surface area contributed by atoms with Gasteiger partial charge in [-0.05, 0) is 12.8 Å². The summed E-state index contributed by atoms with van der Waals surface area (Å²) in [5.74, 6) is -11.9. The van der Waals surface area contributed by atoms with Gasteiger partial charge in [0.2, 0.25) is 0 Å². The molecule has 0 atom stereocenters. The molecule has 146 valence electrons. The largest absolute Gasteiger partial charge is 1.00 e. The molecule has 0 aromatic rings. The molecule has 0 aromatic heterocycles. The van der Waals surface area contributed by atoms with Gasteiger partial charge in [-0.3, -0.25) is 0 Å². The van der Waals surface area contributed by atoms with E-state index in [4.69, 9.17) is 0 Å². The number of rotatable bonds is 10. The zero-order valence-electron chi connectivity index (χ0n) is 13.0. The summed E-state index contributed by atoms with van der Waals surface area (Å²) >= 11 is 0. The van der Waals surface area contributed by atoms with E-state index >= 15 is 0 Å². The average molecular weight is 420 g/mol. The van der Waals surface area contributed by atoms with Gasteiger partial charge in [0, 0.05) is 12.8 Å². The maximum atomic E-state index is 13.2. The molecule has 0 heterocycles. The third-order valence-corrected chi connectivity index (χ3v) is 3.97. The van der Waals surface area contributed by atoms with Crippen molar-refractivity contribution >= 4 is 10.1 Å². The minimum atomic E-state index is -7.02. The van der Waals surface area contributed by atoms with Gasteiger partial charge in [-0.25, -0.2) is 8.42 Å². The zero-order chi connectivity index (χ0) is 19.4. The van der Waals surface area contributed by atoms with Crippen LogP contribution in [0.1, 0.15) is 44.9 Å². The van der Waals surface area contributed by atoms with E-state index in [0.717, 1.165) is 0 Å². The Morgan fingerprint density at radius 2 is 1.04 bits per heavy atom. The average Bonchev–Trinajstić information content (AvgIpc) is 2.34. The first-order chi connectivity index (χ1) is 10.5. The molecular weight excluding hydrogens is 406 g/mol. The maximum absolute atomic E-state index is 13.2. The van der Waals surface area contributed by atoms with Crippen LogP contribution in [0.25, 0.3) is 0 Å². The van der Waals surface area contributed by atoms with Crippen LogP contribution >= 0.6 is 0 Å². The molecule has 0 unspecified atom stereocenters. The van der Waals surface area contributed by atoms with Crippen molar-refractivity contribution in [2.75, 3.05) is 0 Å². The van der Waals surface area contributed by atoms with Crippen LogP contribution in [0, 0.1) is 0 Å². The number of hydrogen-bond acceptors (Lipinski definition) is 3. The minimum Gasteiger partial charge on any atom is -0.743 e. The summed E-state index contributed by atoms with van der Waals surface area (Å²) in [6.45, 7) is 0. The Labute approximate surface area is 160 Å². The molecule has 0 fully saturated rings. The second kappa shape index (κ2) is 9.47. The van der Waals surface area contributed by atoms with Crippen molar-refractivity contribution < 1.29 is 82.0 Å². The molecule has 0 spiro atoms. The maximum Gasteiger partial charge on any atom is 1.00 e. The normalized spacial score (nSPS) is 14.3. The molecule has 0 saturated carbocycles. The third kappa shape index (κ3) is 7.81. The Morgan fingerprint density at radius 3 is 1.40 bits per heavy atom. The van der Waals surface area contributed by atoms with Crippen molar-refractivity contribution in [3.63, 3.8) is 0 Å². The second-order valence-corrected chi connectivity index (χ2v) is 6.55. The standard InChI is InChI=1S/C11H15F9O3S.Na/c12-8(13,10(17,18)11(19,20)24(21,22)23)6-4-2-1-3-5-7-9(14,15)16;/h1-7H2,(H,21,22,23);/q;+1/p-1. The number of alkyl halides is 9. The fraction of sp³-hybridized carbons (Fsp3) is 1.00. The fourth-order valence-corrected chi connectivity index (χ4v) is 2.19. The predicted molar refractivity (Wildman–Crippen MR) is 62.9 cm³/mol. The van der Waals surface area contributed by atoms with E-state index in [-0.39, 0.29) is 55.2 Å². The number of hydrogen-bond donors (Lipinski definition) is 0. The monoisotopic (exact) mass is 420 g/mol. The molecule has 0 aromatic carbocycles. The van der Waals surface area contributed by atoms with E-state index in [1.54, 1.807) is 0 Å². The van der Waals surface area contributed by atoms with Crippen LogP contribution < -0.4 is 29.6 Å². The van der Waals surface area contributed by atoms with E-state index in [1.807, 2.05) is 0 Å². The van der Waals surface area contributed by atoms with Crippen molar-refractivity contribution in [2.45, 2.75) is 68.2 Å². The van der Waals surface area contributed by atoms with Crippen molar-refractivity contribution in [3.8, 4) is 0 Å². The SMILES string of the molecule is O=S(=O)([O-])C(F)(F)C(F)(F)C(F)(F)CCCCCCCC(F)(F)F.[Na+]. The van der Waals surface area contributed by atoms with Gasteiger partial charge in [0.25, 0.3) is 0 Å². The van der Waals surface area contributed by atoms with Crippen LogP contribution in [0.15, 0.2) is 0 Å². The Bertz CT molecular complexity index is 505. The molecule has 0 aliphatic heterocycles. The quantitative estimate of drug-likeness (QED) is 0.234. The van der Waals surface area contributed by atoms with E-state index in [2.05, 4.69) is 0 Å². The molecule has 25 heavy (non-hydrogen) atoms. The Hall–Kier alpha value is 0.280. The van der Waals surface area contributed by atoms with Crippen LogP contribution in [-0.2, 0) is 10.1 Å². The summed E-state index contributed by atoms with van der Waals surface area (Å²) in [5.41, 5.74) is 0. The summed E-state index contributed by atoms with van der Waals surface area (Å²) in [7, 11) is -7.02. The Kier molecular flexibility index (Phi) is 10.4. The molecule has 0 aliphatic rings. The van der Waals surface area contributed by atoms with Gasteiger partial charge in [0.15, 0.2) is 10.1 Å². The van der Waals surface area contributed by atoms with Crippen LogP contribution in [0.3, 0.4) is 0 Å². The smallest absolute Gasteiger partial charge is 0.743 e.